The number of ether oxygens (including phenoxy) is 1. The first-order valence-electron chi connectivity index (χ1n) is 16.2. The predicted octanol–water partition coefficient (Wildman–Crippen LogP) is 8.97. The molecule has 0 aliphatic heterocycles. The number of methoxy groups -OCH3 is 1. The minimum Gasteiger partial charge on any atom is -0.465 e. The smallest absolute Gasteiger partial charge is 0.340 e. The maximum Gasteiger partial charge on any atom is 0.340 e. The Morgan fingerprint density at radius 1 is 0.976 bits per heavy atom. The summed E-state index contributed by atoms with van der Waals surface area (Å²) in [7, 11) is 1.29. The topological polar surface area (TPSA) is 52.3 Å². The third-order valence-electron chi connectivity index (χ3n) is 14.4. The number of rotatable bonds is 3. The molecule has 6 rings (SSSR count). The van der Waals surface area contributed by atoms with Crippen molar-refractivity contribution in [2.24, 2.45) is 57.0 Å². The van der Waals surface area contributed by atoms with Gasteiger partial charge in [0, 0.05) is 5.54 Å². The molecule has 5 aliphatic rings. The van der Waals surface area contributed by atoms with Gasteiger partial charge in [-0.3, -0.25) is 0 Å². The molecule has 41 heavy (non-hydrogen) atoms. The van der Waals surface area contributed by atoms with Crippen molar-refractivity contribution in [2.45, 2.75) is 105 Å². The van der Waals surface area contributed by atoms with Crippen LogP contribution in [0.4, 0.5) is 4.39 Å². The largest absolute Gasteiger partial charge is 0.465 e. The van der Waals surface area contributed by atoms with Crippen LogP contribution < -0.4 is 5.73 Å². The zero-order valence-corrected chi connectivity index (χ0v) is 26.5. The van der Waals surface area contributed by atoms with E-state index in [-0.39, 0.29) is 32.8 Å². The second-order valence-electron chi connectivity index (χ2n) is 16.1. The Balaban J connectivity index is 1.36. The molecule has 4 saturated carbocycles. The quantitative estimate of drug-likeness (QED) is 0.296. The van der Waals surface area contributed by atoms with Gasteiger partial charge in [-0.25, -0.2) is 9.18 Å². The molecule has 3 nitrogen and oxygen atoms in total. The first-order valence-corrected chi connectivity index (χ1v) is 16.2. The summed E-state index contributed by atoms with van der Waals surface area (Å²) in [6.45, 7) is 19.3. The Morgan fingerprint density at radius 2 is 1.71 bits per heavy atom. The third-order valence-corrected chi connectivity index (χ3v) is 14.4. The Bertz CT molecular complexity index is 1310. The summed E-state index contributed by atoms with van der Waals surface area (Å²) in [5, 5.41) is 0. The minimum absolute atomic E-state index is 0.00105. The standard InChI is InChI=1S/C37H52FNO2/c1-22(2)24-13-18-37(39)20-19-35(6)27(31(24)37)11-12-30-34(5)16-14-26(33(3,4)29(34)15-17-36(30,35)7)23-9-10-25(28(38)21-23)32(40)41-8/h9-10,14,21,24,27,29-31H,1,11-13,15-20,39H2,2-8H3/t24?,27-,29?,30?,31?,34+,35-,36-,37+/m1/s1. The predicted molar refractivity (Wildman–Crippen MR) is 165 cm³/mol. The highest BCUT2D eigenvalue weighted by molar-refractivity contribution is 5.90. The summed E-state index contributed by atoms with van der Waals surface area (Å²) in [5.74, 6) is 1.85. The van der Waals surface area contributed by atoms with Gasteiger partial charge in [0.25, 0.3) is 0 Å². The maximum atomic E-state index is 15.0. The van der Waals surface area contributed by atoms with E-state index in [9.17, 15) is 4.79 Å². The fourth-order valence-electron chi connectivity index (χ4n) is 12.3. The van der Waals surface area contributed by atoms with E-state index < -0.39 is 11.8 Å². The number of nitrogens with two attached hydrogens (primary N) is 1. The number of hydrogen-bond donors (Lipinski definition) is 1. The van der Waals surface area contributed by atoms with E-state index >= 15 is 4.39 Å². The maximum absolute atomic E-state index is 15.0. The molecule has 9 atom stereocenters. The Hall–Kier alpha value is -1.94. The lowest BCUT2D eigenvalue weighted by Gasteiger charge is -2.72. The molecule has 0 bridgehead atoms. The van der Waals surface area contributed by atoms with Crippen LogP contribution in [0.25, 0.3) is 5.57 Å². The zero-order chi connectivity index (χ0) is 29.8. The van der Waals surface area contributed by atoms with Crippen molar-refractivity contribution in [3.63, 3.8) is 0 Å². The number of hydrogen-bond acceptors (Lipinski definition) is 3. The Morgan fingerprint density at radius 3 is 2.37 bits per heavy atom. The highest BCUT2D eigenvalue weighted by Gasteiger charge is 2.70. The highest BCUT2D eigenvalue weighted by atomic mass is 19.1. The molecule has 5 aliphatic carbocycles. The number of esters is 1. The monoisotopic (exact) mass is 561 g/mol. The minimum atomic E-state index is -0.629. The Labute approximate surface area is 247 Å². The molecule has 0 spiro atoms. The van der Waals surface area contributed by atoms with Crippen molar-refractivity contribution in [1.29, 1.82) is 0 Å². The molecule has 224 valence electrons. The second-order valence-corrected chi connectivity index (χ2v) is 16.1. The molecule has 1 aromatic rings. The molecule has 0 heterocycles. The fraction of sp³-hybridized carbons (Fsp3) is 0.703. The van der Waals surface area contributed by atoms with Gasteiger partial charge in [0.05, 0.1) is 12.7 Å². The molecule has 0 amide bonds. The van der Waals surface area contributed by atoms with Crippen molar-refractivity contribution >= 4 is 11.5 Å². The van der Waals surface area contributed by atoms with E-state index in [0.717, 1.165) is 24.8 Å². The summed E-state index contributed by atoms with van der Waals surface area (Å²) in [4.78, 5) is 12.0. The molecular weight excluding hydrogens is 509 g/mol. The molecule has 0 saturated heterocycles. The average molecular weight is 562 g/mol. The van der Waals surface area contributed by atoms with Crippen LogP contribution in [0.2, 0.25) is 0 Å². The van der Waals surface area contributed by atoms with Crippen LogP contribution in [0, 0.1) is 57.1 Å². The van der Waals surface area contributed by atoms with E-state index in [1.807, 2.05) is 6.07 Å². The summed E-state index contributed by atoms with van der Waals surface area (Å²) in [5.41, 5.74) is 11.4. The molecular formula is C37H52FNO2. The van der Waals surface area contributed by atoms with E-state index in [2.05, 4.69) is 54.2 Å². The van der Waals surface area contributed by atoms with Gasteiger partial charge >= 0.3 is 5.97 Å². The van der Waals surface area contributed by atoms with Gasteiger partial charge in [-0.05, 0) is 139 Å². The van der Waals surface area contributed by atoms with Crippen molar-refractivity contribution in [2.75, 3.05) is 7.11 Å². The number of carbonyl (C=O) groups excluding carboxylic acids is 1. The van der Waals surface area contributed by atoms with Crippen LogP contribution in [-0.2, 0) is 4.74 Å². The van der Waals surface area contributed by atoms with E-state index in [1.165, 1.54) is 56.8 Å². The normalized spacial score (nSPS) is 44.5. The number of benzene rings is 1. The van der Waals surface area contributed by atoms with Crippen LogP contribution >= 0.6 is 0 Å². The summed E-state index contributed by atoms with van der Waals surface area (Å²) in [6.07, 6.45) is 13.2. The van der Waals surface area contributed by atoms with Crippen molar-refractivity contribution in [3.05, 3.63) is 53.4 Å². The second kappa shape index (κ2) is 9.28. The Kier molecular flexibility index (Phi) is 6.60. The van der Waals surface area contributed by atoms with Gasteiger partial charge in [0.15, 0.2) is 0 Å². The molecule has 0 aromatic heterocycles. The third kappa shape index (κ3) is 3.80. The van der Waals surface area contributed by atoms with Gasteiger partial charge in [-0.2, -0.15) is 0 Å². The lowest BCUT2D eigenvalue weighted by atomic mass is 9.33. The highest BCUT2D eigenvalue weighted by Crippen LogP contribution is 2.76. The van der Waals surface area contributed by atoms with Gasteiger partial charge in [-0.1, -0.05) is 58.9 Å². The first-order chi connectivity index (χ1) is 19.1. The molecule has 4 unspecified atom stereocenters. The van der Waals surface area contributed by atoms with Crippen LogP contribution in [0.5, 0.6) is 0 Å². The molecule has 0 radical (unpaired) electrons. The van der Waals surface area contributed by atoms with Crippen LogP contribution in [0.15, 0.2) is 36.4 Å². The zero-order valence-electron chi connectivity index (χ0n) is 26.5. The van der Waals surface area contributed by atoms with E-state index in [4.69, 9.17) is 10.5 Å². The van der Waals surface area contributed by atoms with Crippen LogP contribution in [0.1, 0.15) is 115 Å². The first kappa shape index (κ1) is 29.1. The average Bonchev–Trinajstić information content (AvgIpc) is 3.26. The molecule has 1 aromatic carbocycles. The van der Waals surface area contributed by atoms with Gasteiger partial charge in [-0.15, -0.1) is 0 Å². The van der Waals surface area contributed by atoms with E-state index in [1.54, 1.807) is 12.1 Å². The van der Waals surface area contributed by atoms with Crippen LogP contribution in [-0.4, -0.2) is 18.6 Å². The SMILES string of the molecule is C=C(C)C1CC[C@]2(N)CC[C@]3(C)[C@H](CCC4[C@@]5(C)CC=C(c6ccc(C(=O)OC)c(F)c6)C(C)(C)C5CC[C@]43C)C12. The molecule has 4 heteroatoms. The lowest BCUT2D eigenvalue weighted by Crippen LogP contribution is -2.67. The molecule has 4 fully saturated rings. The van der Waals surface area contributed by atoms with Crippen LogP contribution in [0.3, 0.4) is 0 Å². The van der Waals surface area contributed by atoms with Crippen molar-refractivity contribution in [1.82, 2.24) is 0 Å². The number of fused-ring (bicyclic) bond motifs is 7. The summed E-state index contributed by atoms with van der Waals surface area (Å²) in [6, 6.07) is 5.04. The lowest BCUT2D eigenvalue weighted by molar-refractivity contribution is -0.217. The number of halogens is 1. The number of carbonyl (C=O) groups is 1. The van der Waals surface area contributed by atoms with Gasteiger partial charge in [0.1, 0.15) is 5.82 Å². The molecule has 2 N–H and O–H groups in total. The van der Waals surface area contributed by atoms with Gasteiger partial charge < -0.3 is 10.5 Å². The fourth-order valence-corrected chi connectivity index (χ4v) is 12.3. The number of allylic oxidation sites excluding steroid dienone is 3. The van der Waals surface area contributed by atoms with Crippen molar-refractivity contribution < 1.29 is 13.9 Å². The summed E-state index contributed by atoms with van der Waals surface area (Å²) >= 11 is 0. The van der Waals surface area contributed by atoms with Crippen molar-refractivity contribution in [3.8, 4) is 0 Å². The summed E-state index contributed by atoms with van der Waals surface area (Å²) < 4.78 is 19.8. The van der Waals surface area contributed by atoms with E-state index in [0.29, 0.717) is 29.6 Å². The van der Waals surface area contributed by atoms with Gasteiger partial charge in [0.2, 0.25) is 0 Å².